The summed E-state index contributed by atoms with van der Waals surface area (Å²) in [7, 11) is 0. The van der Waals surface area contributed by atoms with Crippen LogP contribution in [-0.2, 0) is 27.3 Å². The van der Waals surface area contributed by atoms with Crippen LogP contribution in [0.1, 0.15) is 68.5 Å². The summed E-state index contributed by atoms with van der Waals surface area (Å²) in [4.78, 5) is 43.0. The maximum Gasteiger partial charge on any atom is 0.408 e. The molecule has 3 amide bonds. The van der Waals surface area contributed by atoms with Gasteiger partial charge in [0.15, 0.2) is 0 Å². The molecule has 2 unspecified atom stereocenters. The second-order valence-corrected chi connectivity index (χ2v) is 11.6. The van der Waals surface area contributed by atoms with Gasteiger partial charge in [0.1, 0.15) is 17.7 Å². The summed E-state index contributed by atoms with van der Waals surface area (Å²) in [5, 5.41) is 5.86. The Labute approximate surface area is 244 Å². The molecule has 3 aromatic rings. The minimum atomic E-state index is -0.955. The van der Waals surface area contributed by atoms with Gasteiger partial charge in [0.05, 0.1) is 0 Å². The Bertz CT molecular complexity index is 1300. The van der Waals surface area contributed by atoms with E-state index >= 15 is 0 Å². The first-order valence-electron chi connectivity index (χ1n) is 14.1. The molecule has 2 N–H and O–H groups in total. The lowest BCUT2D eigenvalue weighted by Gasteiger charge is -2.38. The summed E-state index contributed by atoms with van der Waals surface area (Å²) >= 11 is 0. The largest absolute Gasteiger partial charge is 0.444 e. The van der Waals surface area contributed by atoms with Crippen molar-refractivity contribution < 1.29 is 19.1 Å². The summed E-state index contributed by atoms with van der Waals surface area (Å²) < 4.78 is 5.51. The number of aryl methyl sites for hydroxylation is 2. The first kappa shape index (κ1) is 31.4. The molecule has 7 heteroatoms. The van der Waals surface area contributed by atoms with Gasteiger partial charge in [-0.15, -0.1) is 0 Å². The van der Waals surface area contributed by atoms with Gasteiger partial charge in [-0.05, 0) is 76.3 Å². The van der Waals surface area contributed by atoms with Gasteiger partial charge in [-0.25, -0.2) is 4.79 Å². The summed E-state index contributed by atoms with van der Waals surface area (Å²) in [6, 6.07) is 22.8. The van der Waals surface area contributed by atoms with Crippen LogP contribution in [-0.4, -0.2) is 40.5 Å². The van der Waals surface area contributed by atoms with E-state index in [0.29, 0.717) is 6.54 Å². The Kier molecular flexibility index (Phi) is 10.7. The van der Waals surface area contributed by atoms with Crippen LogP contribution in [0.2, 0.25) is 0 Å². The first-order chi connectivity index (χ1) is 19.4. The average Bonchev–Trinajstić information content (AvgIpc) is 2.90. The molecule has 0 aliphatic rings. The molecule has 3 rings (SSSR count). The topological polar surface area (TPSA) is 87.7 Å². The van der Waals surface area contributed by atoms with Crippen LogP contribution in [0.15, 0.2) is 78.9 Å². The molecule has 0 saturated carbocycles. The summed E-state index contributed by atoms with van der Waals surface area (Å²) in [5.74, 6) is -0.652. The number of hydrogen-bond acceptors (Lipinski definition) is 4. The molecule has 0 aromatic heterocycles. The quantitative estimate of drug-likeness (QED) is 0.318. The van der Waals surface area contributed by atoms with Crippen LogP contribution in [0.25, 0.3) is 0 Å². The fraction of sp³-hybridized carbons (Fsp3) is 0.382. The van der Waals surface area contributed by atoms with Crippen molar-refractivity contribution in [2.24, 2.45) is 0 Å². The lowest BCUT2D eigenvalue weighted by atomic mass is 9.92. The normalized spacial score (nSPS) is 12.8. The van der Waals surface area contributed by atoms with Crippen molar-refractivity contribution in [3.8, 4) is 0 Å². The Hall–Kier alpha value is -4.13. The maximum absolute atomic E-state index is 14.5. The highest BCUT2D eigenvalue weighted by atomic mass is 16.6. The highest BCUT2D eigenvalue weighted by Gasteiger charge is 2.39. The van der Waals surface area contributed by atoms with E-state index in [4.69, 9.17) is 4.74 Å². The zero-order valence-corrected chi connectivity index (χ0v) is 25.2. The first-order valence-corrected chi connectivity index (χ1v) is 14.1. The van der Waals surface area contributed by atoms with Gasteiger partial charge in [-0.3, -0.25) is 9.59 Å². The number of benzene rings is 3. The van der Waals surface area contributed by atoms with Gasteiger partial charge in [-0.1, -0.05) is 78.9 Å². The van der Waals surface area contributed by atoms with Crippen LogP contribution >= 0.6 is 0 Å². The predicted octanol–water partition coefficient (Wildman–Crippen LogP) is 6.03. The van der Waals surface area contributed by atoms with Crippen LogP contribution < -0.4 is 10.6 Å². The van der Waals surface area contributed by atoms with E-state index in [1.807, 2.05) is 107 Å². The number of amides is 3. The molecule has 41 heavy (non-hydrogen) atoms. The van der Waals surface area contributed by atoms with Crippen LogP contribution in [0.5, 0.6) is 0 Å². The summed E-state index contributed by atoms with van der Waals surface area (Å²) in [6.07, 6.45) is -0.444. The third-order valence-corrected chi connectivity index (χ3v) is 6.73. The Morgan fingerprint density at radius 3 is 1.85 bits per heavy atom. The number of ether oxygens (including phenoxy) is 1. The number of carbonyl (C=O) groups is 3. The second-order valence-electron chi connectivity index (χ2n) is 11.6. The van der Waals surface area contributed by atoms with Gasteiger partial charge < -0.3 is 20.3 Å². The van der Waals surface area contributed by atoms with Crippen LogP contribution in [0, 0.1) is 13.8 Å². The van der Waals surface area contributed by atoms with Crippen molar-refractivity contribution in [3.05, 3.63) is 107 Å². The van der Waals surface area contributed by atoms with E-state index in [-0.39, 0.29) is 24.3 Å². The summed E-state index contributed by atoms with van der Waals surface area (Å²) in [6.45, 7) is 13.3. The van der Waals surface area contributed by atoms with Gasteiger partial charge in [0, 0.05) is 19.0 Å². The van der Waals surface area contributed by atoms with Crippen LogP contribution in [0.3, 0.4) is 0 Å². The molecule has 0 heterocycles. The number of carbonyl (C=O) groups excluding carboxylic acids is 3. The SMILES string of the molecule is Cc1cccc(C)c1C(C(=O)NCc1ccccc1)N(C(=O)C(Cc1ccccc1)NC(=O)OC(C)(C)C)C(C)C. The third-order valence-electron chi connectivity index (χ3n) is 6.73. The zero-order valence-electron chi connectivity index (χ0n) is 25.2. The molecule has 0 radical (unpaired) electrons. The van der Waals surface area contributed by atoms with Gasteiger partial charge in [0.2, 0.25) is 11.8 Å². The molecular weight excluding hydrogens is 514 g/mol. The van der Waals surface area contributed by atoms with E-state index in [0.717, 1.165) is 27.8 Å². The minimum Gasteiger partial charge on any atom is -0.444 e. The van der Waals surface area contributed by atoms with Crippen molar-refractivity contribution in [1.29, 1.82) is 0 Å². The number of alkyl carbamates (subject to hydrolysis) is 1. The van der Waals surface area contributed by atoms with Gasteiger partial charge >= 0.3 is 6.09 Å². The van der Waals surface area contributed by atoms with Crippen molar-refractivity contribution in [3.63, 3.8) is 0 Å². The molecule has 3 aromatic carbocycles. The standard InChI is InChI=1S/C34H43N3O4/c1-23(2)37(32(39)28(21-26-17-10-8-11-18-26)36-33(40)41-34(5,6)7)30(29-24(3)15-14-16-25(29)4)31(38)35-22-27-19-12-9-13-20-27/h8-20,23,28,30H,21-22H2,1-7H3,(H,35,38)(H,36,40). The molecule has 0 spiro atoms. The van der Waals surface area contributed by atoms with Crippen molar-refractivity contribution in [2.75, 3.05) is 0 Å². The molecule has 218 valence electrons. The fourth-order valence-corrected chi connectivity index (χ4v) is 4.90. The third kappa shape index (κ3) is 8.93. The minimum absolute atomic E-state index is 0.243. The highest BCUT2D eigenvalue weighted by molar-refractivity contribution is 5.93. The lowest BCUT2D eigenvalue weighted by Crippen LogP contribution is -2.55. The number of nitrogens with one attached hydrogen (secondary N) is 2. The van der Waals surface area contributed by atoms with Gasteiger partial charge in [-0.2, -0.15) is 0 Å². The van der Waals surface area contributed by atoms with E-state index in [1.165, 1.54) is 0 Å². The van der Waals surface area contributed by atoms with E-state index < -0.39 is 23.8 Å². The number of rotatable bonds is 10. The highest BCUT2D eigenvalue weighted by Crippen LogP contribution is 2.30. The number of hydrogen-bond donors (Lipinski definition) is 2. The van der Waals surface area contributed by atoms with Crippen molar-refractivity contribution in [1.82, 2.24) is 15.5 Å². The maximum atomic E-state index is 14.5. The van der Waals surface area contributed by atoms with Crippen molar-refractivity contribution >= 4 is 17.9 Å². The second kappa shape index (κ2) is 14.0. The van der Waals surface area contributed by atoms with Crippen LogP contribution in [0.4, 0.5) is 4.79 Å². The predicted molar refractivity (Wildman–Crippen MR) is 162 cm³/mol. The fourth-order valence-electron chi connectivity index (χ4n) is 4.90. The average molecular weight is 558 g/mol. The zero-order chi connectivity index (χ0) is 30.2. The Morgan fingerprint density at radius 1 is 0.805 bits per heavy atom. The molecule has 0 aliphatic carbocycles. The van der Waals surface area contributed by atoms with E-state index in [1.54, 1.807) is 25.7 Å². The van der Waals surface area contributed by atoms with E-state index in [9.17, 15) is 14.4 Å². The monoisotopic (exact) mass is 557 g/mol. The van der Waals surface area contributed by atoms with Gasteiger partial charge in [0.25, 0.3) is 0 Å². The molecule has 0 bridgehead atoms. The molecule has 0 fully saturated rings. The molecule has 0 aliphatic heterocycles. The Morgan fingerprint density at radius 2 is 1.34 bits per heavy atom. The van der Waals surface area contributed by atoms with Crippen molar-refractivity contribution in [2.45, 2.75) is 85.2 Å². The molecule has 2 atom stereocenters. The molecular formula is C34H43N3O4. The number of nitrogens with zero attached hydrogens (tertiary/aromatic N) is 1. The lowest BCUT2D eigenvalue weighted by molar-refractivity contribution is -0.144. The molecule has 0 saturated heterocycles. The summed E-state index contributed by atoms with van der Waals surface area (Å²) in [5.41, 5.74) is 3.68. The van der Waals surface area contributed by atoms with E-state index in [2.05, 4.69) is 10.6 Å². The Balaban J connectivity index is 2.04. The smallest absolute Gasteiger partial charge is 0.408 e. The molecule has 7 nitrogen and oxygen atoms in total.